The lowest BCUT2D eigenvalue weighted by molar-refractivity contribution is 0.0468. The number of carboxylic acid groups (broad SMARTS) is 1. The van der Waals surface area contributed by atoms with Crippen LogP contribution in [0.15, 0.2) is 23.6 Å². The van der Waals surface area contributed by atoms with Crippen LogP contribution in [0.2, 0.25) is 0 Å². The Balaban J connectivity index is 1.86. The minimum atomic E-state index is -0.966. The van der Waals surface area contributed by atoms with E-state index in [1.165, 1.54) is 4.90 Å². The molecule has 0 spiro atoms. The van der Waals surface area contributed by atoms with Crippen LogP contribution in [0.3, 0.4) is 0 Å². The molecule has 7 nitrogen and oxygen atoms in total. The molecule has 1 aromatic rings. The van der Waals surface area contributed by atoms with E-state index in [9.17, 15) is 9.90 Å². The van der Waals surface area contributed by atoms with Crippen molar-refractivity contribution in [2.75, 3.05) is 13.2 Å². The number of pyridine rings is 1. The molecule has 0 radical (unpaired) electrons. The fourth-order valence-corrected chi connectivity index (χ4v) is 2.60. The molecular weight excluding hydrogens is 413 g/mol. The normalized spacial score (nSPS) is 17.4. The van der Waals surface area contributed by atoms with Gasteiger partial charge in [0.25, 0.3) is 0 Å². The highest BCUT2D eigenvalue weighted by Crippen LogP contribution is 2.21. The van der Waals surface area contributed by atoms with Crippen molar-refractivity contribution >= 4 is 34.4 Å². The average molecular weight is 433 g/mol. The van der Waals surface area contributed by atoms with Gasteiger partial charge in [-0.15, -0.1) is 0 Å². The number of aromatic nitrogens is 1. The van der Waals surface area contributed by atoms with Gasteiger partial charge in [0.2, 0.25) is 0 Å². The van der Waals surface area contributed by atoms with Gasteiger partial charge in [0.05, 0.1) is 15.8 Å². The van der Waals surface area contributed by atoms with Crippen molar-refractivity contribution in [1.29, 1.82) is 0 Å². The number of nitrogens with zero attached hydrogens (tertiary/aromatic N) is 3. The van der Waals surface area contributed by atoms with Crippen LogP contribution in [-0.2, 0) is 4.84 Å². The van der Waals surface area contributed by atoms with Crippen molar-refractivity contribution < 1.29 is 19.5 Å². The van der Waals surface area contributed by atoms with Crippen LogP contribution in [0.5, 0.6) is 5.75 Å². The number of rotatable bonds is 5. The maximum absolute atomic E-state index is 11.4. The second-order valence-electron chi connectivity index (χ2n) is 6.25. The van der Waals surface area contributed by atoms with Crippen molar-refractivity contribution in [2.24, 2.45) is 5.16 Å². The summed E-state index contributed by atoms with van der Waals surface area (Å²) >= 11 is 2.15. The molecule has 0 saturated heterocycles. The Bertz CT molecular complexity index is 601. The molecule has 1 unspecified atom stereocenters. The van der Waals surface area contributed by atoms with Crippen LogP contribution >= 0.6 is 22.6 Å². The highest BCUT2D eigenvalue weighted by Gasteiger charge is 2.31. The molecule has 1 aromatic heterocycles. The third kappa shape index (κ3) is 4.95. The van der Waals surface area contributed by atoms with Gasteiger partial charge in [-0.1, -0.05) is 5.16 Å². The Morgan fingerprint density at radius 3 is 2.91 bits per heavy atom. The predicted octanol–water partition coefficient (Wildman–Crippen LogP) is 2.99. The Labute approximate surface area is 148 Å². The summed E-state index contributed by atoms with van der Waals surface area (Å²) in [4.78, 5) is 22.1. The fourth-order valence-electron chi connectivity index (χ4n) is 2.11. The maximum Gasteiger partial charge on any atom is 0.408 e. The second kappa shape index (κ2) is 7.33. The molecule has 8 heteroatoms. The molecule has 2 heterocycles. The maximum atomic E-state index is 11.4. The summed E-state index contributed by atoms with van der Waals surface area (Å²) in [6.45, 7) is 6.15. The Kier molecular flexibility index (Phi) is 5.66. The van der Waals surface area contributed by atoms with Crippen molar-refractivity contribution in [3.05, 3.63) is 22.0 Å². The van der Waals surface area contributed by atoms with Crippen molar-refractivity contribution in [3.8, 4) is 5.75 Å². The molecule has 1 N–H and O–H groups in total. The Morgan fingerprint density at radius 1 is 1.57 bits per heavy atom. The minimum Gasteiger partial charge on any atom is -0.488 e. The molecule has 1 atom stereocenters. The molecule has 1 amide bonds. The lowest BCUT2D eigenvalue weighted by Crippen LogP contribution is -2.47. The number of halogens is 1. The average Bonchev–Trinajstić information content (AvgIpc) is 2.90. The van der Waals surface area contributed by atoms with E-state index in [2.05, 4.69) is 32.7 Å². The first-order chi connectivity index (χ1) is 10.8. The van der Waals surface area contributed by atoms with Crippen LogP contribution in [0, 0.1) is 3.57 Å². The lowest BCUT2D eigenvalue weighted by Gasteiger charge is -2.32. The van der Waals surface area contributed by atoms with E-state index in [0.717, 1.165) is 9.32 Å². The Morgan fingerprint density at radius 2 is 2.30 bits per heavy atom. The van der Waals surface area contributed by atoms with Crippen LogP contribution in [0.4, 0.5) is 4.79 Å². The van der Waals surface area contributed by atoms with Gasteiger partial charge in [0.1, 0.15) is 12.4 Å². The summed E-state index contributed by atoms with van der Waals surface area (Å²) in [5, 5.41) is 13.3. The molecule has 0 bridgehead atoms. The molecule has 23 heavy (non-hydrogen) atoms. The largest absolute Gasteiger partial charge is 0.488 e. The molecule has 1 aliphatic rings. The van der Waals surface area contributed by atoms with Crippen molar-refractivity contribution in [3.63, 3.8) is 0 Å². The zero-order valence-electron chi connectivity index (χ0n) is 13.3. The number of carbonyl (C=O) groups is 1. The summed E-state index contributed by atoms with van der Waals surface area (Å²) < 4.78 is 6.64. The van der Waals surface area contributed by atoms with E-state index in [1.54, 1.807) is 18.5 Å². The minimum absolute atomic E-state index is 0.204. The quantitative estimate of drug-likeness (QED) is 0.722. The highest BCUT2D eigenvalue weighted by molar-refractivity contribution is 14.1. The molecule has 0 aromatic carbocycles. The van der Waals surface area contributed by atoms with E-state index in [4.69, 9.17) is 9.57 Å². The third-order valence-electron chi connectivity index (χ3n) is 3.34. The van der Waals surface area contributed by atoms with Crippen LogP contribution in [-0.4, -0.2) is 51.6 Å². The summed E-state index contributed by atoms with van der Waals surface area (Å²) in [5.41, 5.74) is 0.219. The summed E-state index contributed by atoms with van der Waals surface area (Å²) in [5.74, 6) is 0.750. The molecule has 1 aliphatic heterocycles. The molecule has 0 fully saturated rings. The van der Waals surface area contributed by atoms with Crippen LogP contribution in [0.25, 0.3) is 0 Å². The van der Waals surface area contributed by atoms with Gasteiger partial charge < -0.3 is 14.7 Å². The van der Waals surface area contributed by atoms with Crippen LogP contribution < -0.4 is 4.74 Å². The molecule has 0 aliphatic carbocycles. The van der Waals surface area contributed by atoms with E-state index in [0.29, 0.717) is 18.7 Å². The molecular formula is C15H20IN3O4. The van der Waals surface area contributed by atoms with Crippen molar-refractivity contribution in [1.82, 2.24) is 9.88 Å². The summed E-state index contributed by atoms with van der Waals surface area (Å²) in [6.07, 6.45) is 2.78. The smallest absolute Gasteiger partial charge is 0.408 e. The number of oxime groups is 1. The van der Waals surface area contributed by atoms with Gasteiger partial charge in [0, 0.05) is 24.4 Å². The predicted molar refractivity (Wildman–Crippen MR) is 93.9 cm³/mol. The molecule has 0 saturated carbocycles. The van der Waals surface area contributed by atoms with Gasteiger partial charge in [-0.3, -0.25) is 9.88 Å². The Hall–Kier alpha value is -1.58. The van der Waals surface area contributed by atoms with Gasteiger partial charge in [0.15, 0.2) is 6.10 Å². The monoisotopic (exact) mass is 433 g/mol. The third-order valence-corrected chi connectivity index (χ3v) is 4.15. The van der Waals surface area contributed by atoms with E-state index < -0.39 is 11.6 Å². The molecule has 2 rings (SSSR count). The number of hydrogen-bond acceptors (Lipinski definition) is 5. The zero-order chi connectivity index (χ0) is 17.0. The first kappa shape index (κ1) is 17.8. The van der Waals surface area contributed by atoms with Gasteiger partial charge in [-0.05, 0) is 49.4 Å². The highest BCUT2D eigenvalue weighted by atomic mass is 127. The number of ether oxygens (including phenoxy) is 1. The van der Waals surface area contributed by atoms with Gasteiger partial charge in [-0.2, -0.15) is 0 Å². The lowest BCUT2D eigenvalue weighted by atomic mass is 10.1. The summed E-state index contributed by atoms with van der Waals surface area (Å²) in [6, 6.07) is 1.80. The first-order valence-corrected chi connectivity index (χ1v) is 8.29. The number of amides is 1. The zero-order valence-corrected chi connectivity index (χ0v) is 15.5. The standard InChI is InChI=1S/C15H20IN3O4/c1-15(2,3)19(14(20)21)8-10-6-11(23-18-10)9-22-13-4-5-17-7-12(13)16/h4-5,7,11H,6,8-9H2,1-3H3,(H,20,21). The second-order valence-corrected chi connectivity index (χ2v) is 7.41. The van der Waals surface area contributed by atoms with E-state index in [-0.39, 0.29) is 12.6 Å². The van der Waals surface area contributed by atoms with Crippen molar-refractivity contribution in [2.45, 2.75) is 38.8 Å². The van der Waals surface area contributed by atoms with Gasteiger partial charge >= 0.3 is 6.09 Å². The topological polar surface area (TPSA) is 84.3 Å². The van der Waals surface area contributed by atoms with Gasteiger partial charge in [-0.25, -0.2) is 4.79 Å². The fraction of sp³-hybridized carbons (Fsp3) is 0.533. The number of hydrogen-bond donors (Lipinski definition) is 1. The SMILES string of the molecule is CC(C)(C)N(CC1=NOC(COc2ccncc2I)C1)C(=O)O. The first-order valence-electron chi connectivity index (χ1n) is 7.22. The summed E-state index contributed by atoms with van der Waals surface area (Å²) in [7, 11) is 0. The van der Waals surface area contributed by atoms with Crippen LogP contribution in [0.1, 0.15) is 27.2 Å². The molecule has 126 valence electrons. The van der Waals surface area contributed by atoms with E-state index >= 15 is 0 Å². The van der Waals surface area contributed by atoms with E-state index in [1.807, 2.05) is 20.8 Å².